The highest BCUT2D eigenvalue weighted by Crippen LogP contribution is 2.27. The summed E-state index contributed by atoms with van der Waals surface area (Å²) in [6, 6.07) is 2.23. The Morgan fingerprint density at radius 2 is 2.12 bits per heavy atom. The number of hydrazine groups is 1. The highest BCUT2D eigenvalue weighted by molar-refractivity contribution is 5.24. The summed E-state index contributed by atoms with van der Waals surface area (Å²) in [5.74, 6) is 5.63. The zero-order valence-corrected chi connectivity index (χ0v) is 10.7. The number of rotatable bonds is 4. The molecule has 1 atom stereocenters. The molecule has 1 aromatic rings. The summed E-state index contributed by atoms with van der Waals surface area (Å²) in [4.78, 5) is 4.16. The van der Waals surface area contributed by atoms with Gasteiger partial charge in [0.2, 0.25) is 0 Å². The van der Waals surface area contributed by atoms with Crippen LogP contribution >= 0.6 is 0 Å². The molecule has 1 unspecified atom stereocenters. The molecule has 0 aliphatic heterocycles. The van der Waals surface area contributed by atoms with Gasteiger partial charge in [0.05, 0.1) is 0 Å². The monoisotopic (exact) mass is 221 g/mol. The molecule has 0 amide bonds. The van der Waals surface area contributed by atoms with Crippen molar-refractivity contribution in [1.29, 1.82) is 0 Å². The third kappa shape index (κ3) is 3.91. The summed E-state index contributed by atoms with van der Waals surface area (Å²) in [5, 5.41) is 0. The van der Waals surface area contributed by atoms with Gasteiger partial charge in [0.25, 0.3) is 0 Å². The summed E-state index contributed by atoms with van der Waals surface area (Å²) in [7, 11) is 0. The molecule has 1 rings (SSSR count). The van der Waals surface area contributed by atoms with Crippen molar-refractivity contribution in [3.8, 4) is 0 Å². The number of hydrogen-bond acceptors (Lipinski definition) is 3. The van der Waals surface area contributed by atoms with Crippen molar-refractivity contribution in [2.75, 3.05) is 0 Å². The molecule has 16 heavy (non-hydrogen) atoms. The van der Waals surface area contributed by atoms with Gasteiger partial charge in [-0.1, -0.05) is 20.8 Å². The number of aryl methyl sites for hydroxylation is 1. The molecular formula is C13H23N3. The van der Waals surface area contributed by atoms with E-state index in [1.54, 1.807) is 0 Å². The zero-order chi connectivity index (χ0) is 12.2. The van der Waals surface area contributed by atoms with Gasteiger partial charge >= 0.3 is 0 Å². The molecule has 0 spiro atoms. The molecule has 0 saturated carbocycles. The van der Waals surface area contributed by atoms with E-state index in [1.807, 2.05) is 18.5 Å². The summed E-state index contributed by atoms with van der Waals surface area (Å²) < 4.78 is 0. The van der Waals surface area contributed by atoms with Crippen molar-refractivity contribution in [3.05, 3.63) is 29.6 Å². The second-order valence-corrected chi connectivity index (χ2v) is 5.55. The van der Waals surface area contributed by atoms with Crippen LogP contribution in [0, 0.1) is 12.3 Å². The van der Waals surface area contributed by atoms with Crippen molar-refractivity contribution in [1.82, 2.24) is 10.4 Å². The van der Waals surface area contributed by atoms with Gasteiger partial charge in [0.1, 0.15) is 0 Å². The Bertz CT molecular complexity index is 328. The second-order valence-electron chi connectivity index (χ2n) is 5.55. The van der Waals surface area contributed by atoms with E-state index in [4.69, 9.17) is 5.84 Å². The van der Waals surface area contributed by atoms with E-state index in [1.165, 1.54) is 11.1 Å². The van der Waals surface area contributed by atoms with Crippen molar-refractivity contribution >= 4 is 0 Å². The van der Waals surface area contributed by atoms with Gasteiger partial charge in [-0.3, -0.25) is 16.3 Å². The minimum atomic E-state index is 0.202. The van der Waals surface area contributed by atoms with Gasteiger partial charge in [-0.05, 0) is 42.4 Å². The van der Waals surface area contributed by atoms with E-state index in [2.05, 4.69) is 38.1 Å². The van der Waals surface area contributed by atoms with Gasteiger partial charge in [-0.25, -0.2) is 0 Å². The maximum atomic E-state index is 5.63. The Labute approximate surface area is 98.4 Å². The van der Waals surface area contributed by atoms with Crippen LogP contribution in [-0.2, 0) is 0 Å². The first-order chi connectivity index (χ1) is 7.44. The number of aromatic nitrogens is 1. The molecule has 90 valence electrons. The number of nitrogens with zero attached hydrogens (tertiary/aromatic N) is 1. The van der Waals surface area contributed by atoms with E-state index in [-0.39, 0.29) is 6.04 Å². The Morgan fingerprint density at radius 3 is 2.62 bits per heavy atom. The first kappa shape index (κ1) is 13.1. The van der Waals surface area contributed by atoms with Crippen LogP contribution in [0.3, 0.4) is 0 Å². The van der Waals surface area contributed by atoms with Gasteiger partial charge in [0.15, 0.2) is 0 Å². The quantitative estimate of drug-likeness (QED) is 0.607. The molecule has 0 saturated heterocycles. The summed E-state index contributed by atoms with van der Waals surface area (Å²) >= 11 is 0. The van der Waals surface area contributed by atoms with Gasteiger partial charge in [0, 0.05) is 18.4 Å². The van der Waals surface area contributed by atoms with Crippen LogP contribution in [0.2, 0.25) is 0 Å². The van der Waals surface area contributed by atoms with Crippen molar-refractivity contribution < 1.29 is 0 Å². The minimum Gasteiger partial charge on any atom is -0.271 e. The molecule has 1 aromatic heterocycles. The molecule has 0 fully saturated rings. The molecule has 1 heterocycles. The maximum absolute atomic E-state index is 5.63. The fraction of sp³-hybridized carbons (Fsp3) is 0.615. The van der Waals surface area contributed by atoms with Crippen molar-refractivity contribution in [2.24, 2.45) is 11.3 Å². The lowest BCUT2D eigenvalue weighted by molar-refractivity contribution is 0.333. The van der Waals surface area contributed by atoms with Crippen molar-refractivity contribution in [2.45, 2.75) is 46.6 Å². The normalized spacial score (nSPS) is 13.8. The average Bonchev–Trinajstić information content (AvgIpc) is 2.20. The molecule has 0 radical (unpaired) electrons. The topological polar surface area (TPSA) is 50.9 Å². The van der Waals surface area contributed by atoms with E-state index in [0.717, 1.165) is 12.8 Å². The average molecular weight is 221 g/mol. The second kappa shape index (κ2) is 5.41. The summed E-state index contributed by atoms with van der Waals surface area (Å²) in [6.45, 7) is 8.84. The molecule has 3 N–H and O–H groups in total. The predicted molar refractivity (Wildman–Crippen MR) is 67.7 cm³/mol. The number of hydrogen-bond donors (Lipinski definition) is 2. The Kier molecular flexibility index (Phi) is 4.44. The van der Waals surface area contributed by atoms with E-state index in [0.29, 0.717) is 5.41 Å². The van der Waals surface area contributed by atoms with Crippen LogP contribution in [0.5, 0.6) is 0 Å². The van der Waals surface area contributed by atoms with Gasteiger partial charge in [-0.2, -0.15) is 0 Å². The predicted octanol–water partition coefficient (Wildman–Crippen LogP) is 2.72. The first-order valence-corrected chi connectivity index (χ1v) is 5.80. The Balaban J connectivity index is 2.72. The van der Waals surface area contributed by atoms with Crippen LogP contribution in [0.1, 0.15) is 50.8 Å². The third-order valence-corrected chi connectivity index (χ3v) is 2.84. The van der Waals surface area contributed by atoms with Gasteiger partial charge < -0.3 is 0 Å². The third-order valence-electron chi connectivity index (χ3n) is 2.84. The lowest BCUT2D eigenvalue weighted by Gasteiger charge is -2.23. The van der Waals surface area contributed by atoms with Crippen molar-refractivity contribution in [3.63, 3.8) is 0 Å². The summed E-state index contributed by atoms with van der Waals surface area (Å²) in [5.41, 5.74) is 5.68. The van der Waals surface area contributed by atoms with Crippen LogP contribution < -0.4 is 11.3 Å². The smallest absolute Gasteiger partial charge is 0.0478 e. The molecule has 0 aliphatic rings. The van der Waals surface area contributed by atoms with Crippen LogP contribution in [0.4, 0.5) is 0 Å². The van der Waals surface area contributed by atoms with E-state index >= 15 is 0 Å². The standard InChI is InChI=1S/C13H23N3/c1-10-6-8-15-9-11(10)12(16-14)5-7-13(2,3)4/h6,8-9,12,16H,5,7,14H2,1-4H3. The maximum Gasteiger partial charge on any atom is 0.0478 e. The molecule has 3 heteroatoms. The minimum absolute atomic E-state index is 0.202. The largest absolute Gasteiger partial charge is 0.271 e. The first-order valence-electron chi connectivity index (χ1n) is 5.80. The number of nitrogens with two attached hydrogens (primary N) is 1. The number of pyridine rings is 1. The highest BCUT2D eigenvalue weighted by Gasteiger charge is 2.17. The zero-order valence-electron chi connectivity index (χ0n) is 10.7. The van der Waals surface area contributed by atoms with E-state index in [9.17, 15) is 0 Å². The molecule has 3 nitrogen and oxygen atoms in total. The van der Waals surface area contributed by atoms with Crippen LogP contribution in [-0.4, -0.2) is 4.98 Å². The Hall–Kier alpha value is -0.930. The van der Waals surface area contributed by atoms with Gasteiger partial charge in [-0.15, -0.1) is 0 Å². The summed E-state index contributed by atoms with van der Waals surface area (Å²) in [6.07, 6.45) is 5.89. The lowest BCUT2D eigenvalue weighted by Crippen LogP contribution is -2.29. The highest BCUT2D eigenvalue weighted by atomic mass is 15.2. The molecule has 0 aromatic carbocycles. The molecular weight excluding hydrogens is 198 g/mol. The van der Waals surface area contributed by atoms with Crippen LogP contribution in [0.25, 0.3) is 0 Å². The SMILES string of the molecule is Cc1ccncc1C(CCC(C)(C)C)NN. The molecule has 0 aliphatic carbocycles. The molecule has 0 bridgehead atoms. The lowest BCUT2D eigenvalue weighted by atomic mass is 9.87. The fourth-order valence-electron chi connectivity index (χ4n) is 1.75. The fourth-order valence-corrected chi connectivity index (χ4v) is 1.75. The van der Waals surface area contributed by atoms with E-state index < -0.39 is 0 Å². The van der Waals surface area contributed by atoms with Crippen LogP contribution in [0.15, 0.2) is 18.5 Å². The Morgan fingerprint density at radius 1 is 1.44 bits per heavy atom. The number of nitrogens with one attached hydrogen (secondary N) is 1.